The van der Waals surface area contributed by atoms with Crippen LogP contribution in [-0.4, -0.2) is 40.8 Å². The molecule has 3 aliphatic rings. The van der Waals surface area contributed by atoms with Crippen LogP contribution < -0.4 is 10.2 Å². The van der Waals surface area contributed by atoms with Crippen LogP contribution >= 0.6 is 0 Å². The fraction of sp³-hybridized carbons (Fsp3) is 0.778. The van der Waals surface area contributed by atoms with Crippen LogP contribution in [0, 0.1) is 5.92 Å². The third-order valence-electron chi connectivity index (χ3n) is 5.87. The summed E-state index contributed by atoms with van der Waals surface area (Å²) in [5.74, 6) is 1.35. The zero-order valence-electron chi connectivity index (χ0n) is 13.9. The molecule has 0 aromatic carbocycles. The monoisotopic (exact) mass is 316 g/mol. The predicted octanol–water partition coefficient (Wildman–Crippen LogP) is 2.20. The maximum Gasteiger partial charge on any atom is 0.225 e. The van der Waals surface area contributed by atoms with Gasteiger partial charge in [-0.1, -0.05) is 6.42 Å². The Kier molecular flexibility index (Phi) is 4.49. The highest BCUT2D eigenvalue weighted by Crippen LogP contribution is 2.32. The van der Waals surface area contributed by atoms with Gasteiger partial charge in [-0.15, -0.1) is 0 Å². The Hall–Kier alpha value is -1.20. The minimum atomic E-state index is 0.313. The third-order valence-corrected chi connectivity index (χ3v) is 5.87. The molecule has 2 fully saturated rings. The van der Waals surface area contributed by atoms with Crippen LogP contribution in [0.5, 0.6) is 0 Å². The Morgan fingerprint density at radius 3 is 2.65 bits per heavy atom. The van der Waals surface area contributed by atoms with Crippen LogP contribution in [0.1, 0.15) is 62.2 Å². The van der Waals surface area contributed by atoms with Gasteiger partial charge < -0.3 is 15.3 Å². The largest absolute Gasteiger partial charge is 0.396 e. The van der Waals surface area contributed by atoms with E-state index in [1.165, 1.54) is 43.4 Å². The number of aryl methyl sites for hydroxylation is 1. The number of nitrogens with one attached hydrogen (secondary N) is 1. The van der Waals surface area contributed by atoms with Gasteiger partial charge in [0.2, 0.25) is 5.95 Å². The van der Waals surface area contributed by atoms with Gasteiger partial charge in [0.25, 0.3) is 0 Å². The molecule has 2 heterocycles. The summed E-state index contributed by atoms with van der Waals surface area (Å²) in [6.07, 6.45) is 11.7. The second kappa shape index (κ2) is 6.73. The number of fused-ring (bicyclic) bond motifs is 1. The van der Waals surface area contributed by atoms with Crippen molar-refractivity contribution in [3.05, 3.63) is 17.5 Å². The van der Waals surface area contributed by atoms with Crippen molar-refractivity contribution in [2.45, 2.75) is 63.5 Å². The van der Waals surface area contributed by atoms with Crippen molar-refractivity contribution < 1.29 is 5.11 Å². The summed E-state index contributed by atoms with van der Waals surface area (Å²) in [6.45, 7) is 2.24. The van der Waals surface area contributed by atoms with Crippen molar-refractivity contribution in [2.75, 3.05) is 24.6 Å². The fourth-order valence-corrected chi connectivity index (χ4v) is 4.04. The number of hydrogen-bond acceptors (Lipinski definition) is 5. The van der Waals surface area contributed by atoms with E-state index >= 15 is 0 Å². The van der Waals surface area contributed by atoms with Gasteiger partial charge >= 0.3 is 0 Å². The number of aliphatic hydroxyl groups is 1. The highest BCUT2D eigenvalue weighted by molar-refractivity contribution is 5.36. The Labute approximate surface area is 138 Å². The summed E-state index contributed by atoms with van der Waals surface area (Å²) >= 11 is 0. The molecule has 1 saturated heterocycles. The van der Waals surface area contributed by atoms with Crippen LogP contribution in [-0.2, 0) is 6.42 Å². The van der Waals surface area contributed by atoms with Crippen molar-refractivity contribution in [1.29, 1.82) is 0 Å². The second-order valence-electron chi connectivity index (χ2n) is 7.42. The highest BCUT2D eigenvalue weighted by atomic mass is 16.3. The molecule has 23 heavy (non-hydrogen) atoms. The zero-order valence-corrected chi connectivity index (χ0v) is 13.9. The molecule has 1 aromatic heterocycles. The summed E-state index contributed by atoms with van der Waals surface area (Å²) in [5, 5.41) is 13.1. The van der Waals surface area contributed by atoms with Crippen molar-refractivity contribution >= 4 is 5.95 Å². The van der Waals surface area contributed by atoms with Gasteiger partial charge in [0.05, 0.1) is 5.69 Å². The summed E-state index contributed by atoms with van der Waals surface area (Å²) in [5.41, 5.74) is 2.58. The molecule has 2 N–H and O–H groups in total. The van der Waals surface area contributed by atoms with Crippen LogP contribution in [0.2, 0.25) is 0 Å². The first-order valence-electron chi connectivity index (χ1n) is 9.31. The lowest BCUT2D eigenvalue weighted by molar-refractivity contribution is 0.202. The lowest BCUT2D eigenvalue weighted by Gasteiger charge is -2.35. The molecule has 126 valence electrons. The normalized spacial score (nSPS) is 26.0. The predicted molar refractivity (Wildman–Crippen MR) is 90.5 cm³/mol. The quantitative estimate of drug-likeness (QED) is 0.892. The van der Waals surface area contributed by atoms with E-state index in [9.17, 15) is 5.11 Å². The maximum atomic E-state index is 9.28. The third kappa shape index (κ3) is 3.22. The molecule has 0 bridgehead atoms. The van der Waals surface area contributed by atoms with E-state index in [1.807, 2.05) is 0 Å². The Balaban J connectivity index is 1.47. The van der Waals surface area contributed by atoms with E-state index < -0.39 is 0 Å². The molecule has 5 nitrogen and oxygen atoms in total. The van der Waals surface area contributed by atoms with Crippen molar-refractivity contribution in [3.63, 3.8) is 0 Å². The van der Waals surface area contributed by atoms with Gasteiger partial charge in [-0.05, 0) is 50.9 Å². The number of nitrogens with zero attached hydrogens (tertiary/aromatic N) is 3. The summed E-state index contributed by atoms with van der Waals surface area (Å²) in [7, 11) is 0. The maximum absolute atomic E-state index is 9.28. The number of aromatic nitrogens is 2. The first-order valence-corrected chi connectivity index (χ1v) is 9.31. The molecule has 1 atom stereocenters. The molecule has 2 aliphatic carbocycles. The van der Waals surface area contributed by atoms with Crippen LogP contribution in [0.25, 0.3) is 0 Å². The van der Waals surface area contributed by atoms with Gasteiger partial charge in [-0.25, -0.2) is 9.97 Å². The summed E-state index contributed by atoms with van der Waals surface area (Å²) < 4.78 is 0. The van der Waals surface area contributed by atoms with Gasteiger partial charge in [0.15, 0.2) is 0 Å². The van der Waals surface area contributed by atoms with Crippen molar-refractivity contribution in [3.8, 4) is 0 Å². The molecule has 5 heteroatoms. The van der Waals surface area contributed by atoms with E-state index in [0.29, 0.717) is 24.6 Å². The standard InChI is InChI=1S/C18H28N4O/c23-12-13-7-9-22(10-8-13)18-19-11-15-16(20-14-3-1-4-14)5-2-6-17(15)21-18/h11,13-14,16,20,23H,1-10,12H2/t16-/m1/s1. The van der Waals surface area contributed by atoms with Gasteiger partial charge in [-0.2, -0.15) is 0 Å². The van der Waals surface area contributed by atoms with E-state index in [1.54, 1.807) is 0 Å². The van der Waals surface area contributed by atoms with Crippen molar-refractivity contribution in [1.82, 2.24) is 15.3 Å². The smallest absolute Gasteiger partial charge is 0.225 e. The second-order valence-corrected chi connectivity index (χ2v) is 7.42. The molecule has 0 unspecified atom stereocenters. The lowest BCUT2D eigenvalue weighted by Crippen LogP contribution is -2.40. The number of aliphatic hydroxyl groups excluding tert-OH is 1. The number of hydrogen-bond donors (Lipinski definition) is 2. The SMILES string of the molecule is OCC1CCN(c2ncc3c(n2)CCC[C@H]3NC2CCC2)CC1. The number of anilines is 1. The van der Waals surface area contributed by atoms with Crippen LogP contribution in [0.15, 0.2) is 6.20 Å². The van der Waals surface area contributed by atoms with Crippen molar-refractivity contribution in [2.24, 2.45) is 5.92 Å². The average Bonchev–Trinajstić information content (AvgIpc) is 2.58. The topological polar surface area (TPSA) is 61.3 Å². The average molecular weight is 316 g/mol. The van der Waals surface area contributed by atoms with E-state index in [4.69, 9.17) is 4.98 Å². The molecular weight excluding hydrogens is 288 g/mol. The molecule has 1 aliphatic heterocycles. The van der Waals surface area contributed by atoms with Gasteiger partial charge in [0, 0.05) is 43.5 Å². The molecule has 0 spiro atoms. The summed E-state index contributed by atoms with van der Waals surface area (Å²) in [4.78, 5) is 11.9. The molecule has 0 radical (unpaired) electrons. The van der Waals surface area contributed by atoms with Crippen LogP contribution in [0.4, 0.5) is 5.95 Å². The first kappa shape index (κ1) is 15.3. The number of piperidine rings is 1. The Bertz CT molecular complexity index is 538. The van der Waals surface area contributed by atoms with Crippen LogP contribution in [0.3, 0.4) is 0 Å². The molecular formula is C18H28N4O. The minimum Gasteiger partial charge on any atom is -0.396 e. The first-order chi connectivity index (χ1) is 11.3. The number of rotatable bonds is 4. The van der Waals surface area contributed by atoms with E-state index in [-0.39, 0.29) is 0 Å². The highest BCUT2D eigenvalue weighted by Gasteiger charge is 2.28. The van der Waals surface area contributed by atoms with E-state index in [0.717, 1.165) is 38.3 Å². The molecule has 0 amide bonds. The Morgan fingerprint density at radius 1 is 1.13 bits per heavy atom. The van der Waals surface area contributed by atoms with Gasteiger partial charge in [0.1, 0.15) is 0 Å². The molecule has 1 aromatic rings. The zero-order chi connectivity index (χ0) is 15.6. The Morgan fingerprint density at radius 2 is 1.96 bits per heavy atom. The van der Waals surface area contributed by atoms with E-state index in [2.05, 4.69) is 21.4 Å². The lowest BCUT2D eigenvalue weighted by atomic mass is 9.87. The molecule has 4 rings (SSSR count). The molecule has 1 saturated carbocycles. The van der Waals surface area contributed by atoms with Gasteiger partial charge in [-0.3, -0.25) is 0 Å². The minimum absolute atomic E-state index is 0.313. The fourth-order valence-electron chi connectivity index (χ4n) is 4.04. The summed E-state index contributed by atoms with van der Waals surface area (Å²) in [6, 6.07) is 1.17.